The fraction of sp³-hybridized carbons (Fsp3) is 0.933. The highest BCUT2D eigenvalue weighted by Gasteiger charge is 2.38. The highest BCUT2D eigenvalue weighted by Crippen LogP contribution is 2.40. The molecule has 0 bridgehead atoms. The van der Waals surface area contributed by atoms with Gasteiger partial charge in [-0.3, -0.25) is 4.99 Å². The van der Waals surface area contributed by atoms with E-state index >= 15 is 0 Å². The molecule has 1 aliphatic carbocycles. The summed E-state index contributed by atoms with van der Waals surface area (Å²) < 4.78 is 0. The molecule has 1 saturated carbocycles. The van der Waals surface area contributed by atoms with Crippen molar-refractivity contribution >= 4 is 16.9 Å². The van der Waals surface area contributed by atoms with Gasteiger partial charge in [-0.15, -0.1) is 0 Å². The van der Waals surface area contributed by atoms with Crippen LogP contribution < -0.4 is 5.32 Å². The molecule has 1 N–H and O–H groups in total. The molecule has 18 heavy (non-hydrogen) atoms. The van der Waals surface area contributed by atoms with Crippen LogP contribution in [0.3, 0.4) is 0 Å². The fourth-order valence-corrected chi connectivity index (χ4v) is 4.56. The van der Waals surface area contributed by atoms with Crippen LogP contribution in [0.1, 0.15) is 72.1 Å². The van der Waals surface area contributed by atoms with Crippen molar-refractivity contribution in [2.45, 2.75) is 83.2 Å². The predicted molar refractivity (Wildman–Crippen MR) is 82.4 cm³/mol. The van der Waals surface area contributed by atoms with Crippen LogP contribution in [0.4, 0.5) is 0 Å². The first-order valence-corrected chi connectivity index (χ1v) is 8.67. The molecule has 3 heteroatoms. The molecule has 2 aliphatic rings. The second-order valence-corrected chi connectivity index (χ2v) is 6.92. The van der Waals surface area contributed by atoms with Gasteiger partial charge in [0.05, 0.1) is 5.54 Å². The molecule has 0 aromatic heterocycles. The maximum atomic E-state index is 5.08. The maximum absolute atomic E-state index is 5.08. The standard InChI is InChI=1S/C15H28N2S/c1-4-14(5-2,6-3)16-13-17-15(12-18-13)10-8-7-9-11-15/h4-12H2,1-3H3,(H,16,17). The molecular formula is C15H28N2S. The molecular weight excluding hydrogens is 240 g/mol. The topological polar surface area (TPSA) is 24.4 Å². The fourth-order valence-electron chi connectivity index (χ4n) is 3.25. The normalized spacial score (nSPS) is 23.2. The minimum absolute atomic E-state index is 0.270. The Balaban J connectivity index is 2.04. The Kier molecular flexibility index (Phi) is 4.63. The van der Waals surface area contributed by atoms with Gasteiger partial charge in [0, 0.05) is 11.3 Å². The Bertz CT molecular complexity index is 293. The predicted octanol–water partition coefficient (Wildman–Crippen LogP) is 4.35. The summed E-state index contributed by atoms with van der Waals surface area (Å²) in [6.07, 6.45) is 10.3. The quantitative estimate of drug-likeness (QED) is 0.819. The summed E-state index contributed by atoms with van der Waals surface area (Å²) >= 11 is 1.96. The van der Waals surface area contributed by atoms with Crippen molar-refractivity contribution in [1.29, 1.82) is 0 Å². The average Bonchev–Trinajstić information content (AvgIpc) is 2.79. The van der Waals surface area contributed by atoms with Gasteiger partial charge in [0.1, 0.15) is 0 Å². The van der Waals surface area contributed by atoms with Crippen LogP contribution in [-0.2, 0) is 0 Å². The van der Waals surface area contributed by atoms with E-state index in [9.17, 15) is 0 Å². The van der Waals surface area contributed by atoms with Crippen molar-refractivity contribution in [3.63, 3.8) is 0 Å². The van der Waals surface area contributed by atoms with Gasteiger partial charge in [-0.25, -0.2) is 0 Å². The Hall–Kier alpha value is -0.180. The lowest BCUT2D eigenvalue weighted by Gasteiger charge is -2.32. The average molecular weight is 268 g/mol. The minimum Gasteiger partial charge on any atom is -0.360 e. The number of rotatable bonds is 4. The zero-order valence-electron chi connectivity index (χ0n) is 12.2. The van der Waals surface area contributed by atoms with Crippen LogP contribution in [0.25, 0.3) is 0 Å². The Labute approximate surface area is 116 Å². The summed E-state index contributed by atoms with van der Waals surface area (Å²) in [5, 5.41) is 4.99. The van der Waals surface area contributed by atoms with E-state index in [1.807, 2.05) is 11.8 Å². The molecule has 1 heterocycles. The van der Waals surface area contributed by atoms with Gasteiger partial charge in [0.2, 0.25) is 0 Å². The van der Waals surface area contributed by atoms with Crippen molar-refractivity contribution in [3.05, 3.63) is 0 Å². The van der Waals surface area contributed by atoms with Crippen LogP contribution in [0.5, 0.6) is 0 Å². The summed E-state index contributed by atoms with van der Waals surface area (Å²) in [4.78, 5) is 5.08. The molecule has 1 aliphatic heterocycles. The van der Waals surface area contributed by atoms with E-state index in [1.54, 1.807) is 0 Å². The van der Waals surface area contributed by atoms with Crippen molar-refractivity contribution < 1.29 is 0 Å². The molecule has 0 saturated heterocycles. The lowest BCUT2D eigenvalue weighted by Crippen LogP contribution is -2.45. The molecule has 0 aromatic rings. The molecule has 2 rings (SSSR count). The van der Waals surface area contributed by atoms with E-state index in [0.717, 1.165) is 0 Å². The van der Waals surface area contributed by atoms with E-state index < -0.39 is 0 Å². The summed E-state index contributed by atoms with van der Waals surface area (Å²) in [5.41, 5.74) is 0.568. The Morgan fingerprint density at radius 3 is 2.28 bits per heavy atom. The first kappa shape index (κ1) is 14.2. The first-order valence-electron chi connectivity index (χ1n) is 7.68. The van der Waals surface area contributed by atoms with Gasteiger partial charge in [-0.1, -0.05) is 51.8 Å². The van der Waals surface area contributed by atoms with Gasteiger partial charge in [-0.05, 0) is 32.1 Å². The molecule has 1 fully saturated rings. The number of hydrogen-bond donors (Lipinski definition) is 1. The number of amidine groups is 1. The number of thioether (sulfide) groups is 1. The molecule has 104 valence electrons. The third-order valence-electron chi connectivity index (χ3n) is 5.00. The number of nitrogens with one attached hydrogen (secondary N) is 1. The second-order valence-electron chi connectivity index (χ2n) is 5.96. The van der Waals surface area contributed by atoms with Gasteiger partial charge in [-0.2, -0.15) is 0 Å². The van der Waals surface area contributed by atoms with Crippen molar-refractivity contribution in [2.24, 2.45) is 4.99 Å². The van der Waals surface area contributed by atoms with Crippen molar-refractivity contribution in [3.8, 4) is 0 Å². The molecule has 0 radical (unpaired) electrons. The van der Waals surface area contributed by atoms with E-state index in [1.165, 1.54) is 62.3 Å². The number of nitrogens with zero attached hydrogens (tertiary/aromatic N) is 1. The number of aliphatic imine (C=N–C) groups is 1. The zero-order chi connectivity index (χ0) is 13.1. The van der Waals surface area contributed by atoms with E-state index in [0.29, 0.717) is 5.54 Å². The molecule has 2 nitrogen and oxygen atoms in total. The summed E-state index contributed by atoms with van der Waals surface area (Å²) in [6.45, 7) is 6.86. The zero-order valence-corrected chi connectivity index (χ0v) is 13.0. The molecule has 0 atom stereocenters. The summed E-state index contributed by atoms with van der Waals surface area (Å²) in [6, 6.07) is 0. The highest BCUT2D eigenvalue weighted by molar-refractivity contribution is 8.14. The second kappa shape index (κ2) is 5.85. The molecule has 0 amide bonds. The lowest BCUT2D eigenvalue weighted by atomic mass is 9.84. The van der Waals surface area contributed by atoms with Gasteiger partial charge < -0.3 is 5.32 Å². The van der Waals surface area contributed by atoms with E-state index in [2.05, 4.69) is 26.1 Å². The maximum Gasteiger partial charge on any atom is 0.157 e. The van der Waals surface area contributed by atoms with Gasteiger partial charge in [0.15, 0.2) is 5.17 Å². The van der Waals surface area contributed by atoms with E-state index in [4.69, 9.17) is 4.99 Å². The van der Waals surface area contributed by atoms with Crippen molar-refractivity contribution in [1.82, 2.24) is 5.32 Å². The minimum atomic E-state index is 0.270. The van der Waals surface area contributed by atoms with Crippen molar-refractivity contribution in [2.75, 3.05) is 5.75 Å². The van der Waals surface area contributed by atoms with Crippen LogP contribution in [0.15, 0.2) is 4.99 Å². The monoisotopic (exact) mass is 268 g/mol. The largest absolute Gasteiger partial charge is 0.360 e. The third kappa shape index (κ3) is 2.87. The first-order chi connectivity index (χ1) is 8.67. The lowest BCUT2D eigenvalue weighted by molar-refractivity contribution is 0.325. The number of hydrogen-bond acceptors (Lipinski definition) is 3. The molecule has 1 spiro atoms. The Morgan fingerprint density at radius 2 is 1.72 bits per heavy atom. The van der Waals surface area contributed by atoms with Crippen LogP contribution >= 0.6 is 11.8 Å². The Morgan fingerprint density at radius 1 is 1.11 bits per heavy atom. The van der Waals surface area contributed by atoms with E-state index in [-0.39, 0.29) is 5.54 Å². The third-order valence-corrected chi connectivity index (χ3v) is 6.15. The molecule has 0 aromatic carbocycles. The SMILES string of the molecule is CCC(CC)(CC)NC1=NC2(CCCCC2)CS1. The van der Waals surface area contributed by atoms with Crippen LogP contribution in [0, 0.1) is 0 Å². The van der Waals surface area contributed by atoms with Crippen LogP contribution in [-0.4, -0.2) is 22.0 Å². The van der Waals surface area contributed by atoms with Gasteiger partial charge >= 0.3 is 0 Å². The van der Waals surface area contributed by atoms with Crippen LogP contribution in [0.2, 0.25) is 0 Å². The molecule has 0 unspecified atom stereocenters. The van der Waals surface area contributed by atoms with Gasteiger partial charge in [0.25, 0.3) is 0 Å². The summed E-state index contributed by atoms with van der Waals surface area (Å²) in [5.74, 6) is 1.21. The smallest absolute Gasteiger partial charge is 0.157 e. The highest BCUT2D eigenvalue weighted by atomic mass is 32.2. The summed E-state index contributed by atoms with van der Waals surface area (Å²) in [7, 11) is 0.